The summed E-state index contributed by atoms with van der Waals surface area (Å²) in [5, 5.41) is 12.9. The number of anilines is 1. The second-order valence-corrected chi connectivity index (χ2v) is 9.62. The number of carbonyl (C=O) groups is 2. The highest BCUT2D eigenvalue weighted by Gasteiger charge is 2.30. The molecule has 1 saturated heterocycles. The molecule has 0 saturated carbocycles. The fourth-order valence-electron chi connectivity index (χ4n) is 4.41. The van der Waals surface area contributed by atoms with Crippen molar-refractivity contribution < 1.29 is 24.2 Å². The molecule has 2 aromatic carbocycles. The van der Waals surface area contributed by atoms with Crippen molar-refractivity contribution in [3.05, 3.63) is 70.4 Å². The normalized spacial score (nSPS) is 15.2. The summed E-state index contributed by atoms with van der Waals surface area (Å²) in [5.74, 6) is 0.0349. The summed E-state index contributed by atoms with van der Waals surface area (Å²) in [7, 11) is 1.54. The number of methoxy groups -OCH3 is 1. The topological polar surface area (TPSA) is 140 Å². The maximum atomic E-state index is 13.0. The summed E-state index contributed by atoms with van der Waals surface area (Å²) in [6.45, 7) is 1.86. The Labute approximate surface area is 232 Å². The summed E-state index contributed by atoms with van der Waals surface area (Å²) in [6, 6.07) is 11.8. The number of halogens is 1. The van der Waals surface area contributed by atoms with Gasteiger partial charge in [-0.2, -0.15) is 0 Å². The molecule has 4 N–H and O–H groups in total. The molecule has 0 spiro atoms. The number of aromatic nitrogens is 2. The molecule has 3 heterocycles. The van der Waals surface area contributed by atoms with Gasteiger partial charge >= 0.3 is 0 Å². The van der Waals surface area contributed by atoms with Crippen molar-refractivity contribution in [3.8, 4) is 17.0 Å². The molecule has 206 valence electrons. The molecule has 5 rings (SSSR count). The van der Waals surface area contributed by atoms with E-state index < -0.39 is 6.04 Å². The van der Waals surface area contributed by atoms with Gasteiger partial charge in [-0.3, -0.25) is 9.59 Å². The zero-order chi connectivity index (χ0) is 27.8. The van der Waals surface area contributed by atoms with Crippen molar-refractivity contribution in [1.82, 2.24) is 20.2 Å². The summed E-state index contributed by atoms with van der Waals surface area (Å²) in [6.07, 6.45) is 5.34. The minimum Gasteiger partial charge on any atom is -0.497 e. The Kier molecular flexibility index (Phi) is 9.69. The van der Waals surface area contributed by atoms with Crippen molar-refractivity contribution in [1.29, 1.82) is 0 Å². The molecule has 2 amide bonds. The Morgan fingerprint density at radius 3 is 2.69 bits per heavy atom. The van der Waals surface area contributed by atoms with Gasteiger partial charge in [0.25, 0.3) is 5.91 Å². The number of ether oxygens (including phenoxy) is 2. The highest BCUT2D eigenvalue weighted by molar-refractivity contribution is 6.33. The number of rotatable bonds is 7. The number of aliphatic hydroxyl groups is 1. The van der Waals surface area contributed by atoms with E-state index in [1.54, 1.807) is 43.5 Å². The molecule has 0 bridgehead atoms. The molecule has 3 aromatic rings. The Morgan fingerprint density at radius 2 is 2.03 bits per heavy atom. The van der Waals surface area contributed by atoms with E-state index in [1.807, 2.05) is 6.07 Å². The lowest BCUT2D eigenvalue weighted by molar-refractivity contribution is -0.122. The molecule has 0 aliphatic carbocycles. The second-order valence-electron chi connectivity index (χ2n) is 9.21. The number of fused-ring (bicyclic) bond motifs is 1. The Morgan fingerprint density at radius 1 is 1.23 bits per heavy atom. The lowest BCUT2D eigenvalue weighted by Gasteiger charge is -2.20. The van der Waals surface area contributed by atoms with E-state index >= 15 is 0 Å². The van der Waals surface area contributed by atoms with Crippen LogP contribution in [0.25, 0.3) is 11.3 Å². The number of carbonyl (C=O) groups excluding carboxylic acids is 2. The van der Waals surface area contributed by atoms with E-state index in [1.165, 1.54) is 30.4 Å². The third kappa shape index (κ3) is 7.23. The van der Waals surface area contributed by atoms with Gasteiger partial charge in [0.05, 0.1) is 36.7 Å². The maximum Gasteiger partial charge on any atom is 0.254 e. The predicted octanol–water partition coefficient (Wildman–Crippen LogP) is 3.38. The quantitative estimate of drug-likeness (QED) is 0.404. The van der Waals surface area contributed by atoms with E-state index in [9.17, 15) is 14.7 Å². The summed E-state index contributed by atoms with van der Waals surface area (Å²) in [4.78, 5) is 35.1. The first-order chi connectivity index (χ1) is 18.9. The first-order valence-corrected chi connectivity index (χ1v) is 13.1. The van der Waals surface area contributed by atoms with Crippen LogP contribution in [0.4, 0.5) is 5.95 Å². The Balaban J connectivity index is 0.000000519. The van der Waals surface area contributed by atoms with Gasteiger partial charge in [0, 0.05) is 30.9 Å². The largest absolute Gasteiger partial charge is 0.497 e. The van der Waals surface area contributed by atoms with Crippen LogP contribution < -0.4 is 15.8 Å². The monoisotopic (exact) mass is 553 g/mol. The first kappa shape index (κ1) is 28.3. The average molecular weight is 554 g/mol. The lowest BCUT2D eigenvalue weighted by atomic mass is 10.0. The van der Waals surface area contributed by atoms with Crippen LogP contribution in [-0.4, -0.2) is 65.3 Å². The van der Waals surface area contributed by atoms with Gasteiger partial charge in [0.2, 0.25) is 11.9 Å². The zero-order valence-electron chi connectivity index (χ0n) is 21.7. The van der Waals surface area contributed by atoms with Gasteiger partial charge in [0.1, 0.15) is 12.3 Å². The molecule has 1 fully saturated rings. The van der Waals surface area contributed by atoms with Gasteiger partial charge in [-0.15, -0.1) is 0 Å². The van der Waals surface area contributed by atoms with Crippen molar-refractivity contribution in [3.63, 3.8) is 0 Å². The van der Waals surface area contributed by atoms with Gasteiger partial charge in [-0.25, -0.2) is 9.97 Å². The maximum absolute atomic E-state index is 13.0. The van der Waals surface area contributed by atoms with Crippen LogP contribution in [0.5, 0.6) is 5.75 Å². The second kappa shape index (κ2) is 13.4. The number of amides is 2. The van der Waals surface area contributed by atoms with Crippen LogP contribution in [0.1, 0.15) is 46.8 Å². The van der Waals surface area contributed by atoms with E-state index in [4.69, 9.17) is 26.8 Å². The van der Waals surface area contributed by atoms with E-state index in [-0.39, 0.29) is 30.9 Å². The molecule has 1 atom stereocenters. The SMILES string of the molecule is C1CCOCC1.COc1cccc(C(CO)NC(=O)CN2Cc3ccc(-c4nc(N)ncc4Cl)cc3C2=O)c1. The molecular weight excluding hydrogens is 522 g/mol. The minimum atomic E-state index is -0.621. The van der Waals surface area contributed by atoms with Gasteiger partial charge < -0.3 is 30.5 Å². The minimum absolute atomic E-state index is 0.0778. The van der Waals surface area contributed by atoms with Crippen molar-refractivity contribution in [2.24, 2.45) is 0 Å². The van der Waals surface area contributed by atoms with Crippen molar-refractivity contribution >= 4 is 29.4 Å². The smallest absolute Gasteiger partial charge is 0.254 e. The zero-order valence-corrected chi connectivity index (χ0v) is 22.5. The van der Waals surface area contributed by atoms with Gasteiger partial charge in [-0.1, -0.05) is 35.9 Å². The van der Waals surface area contributed by atoms with Crippen LogP contribution in [0.15, 0.2) is 48.7 Å². The molecule has 2 aliphatic rings. The third-order valence-electron chi connectivity index (χ3n) is 6.45. The number of nitrogens with one attached hydrogen (secondary N) is 1. The van der Waals surface area contributed by atoms with Crippen LogP contribution in [-0.2, 0) is 16.1 Å². The highest BCUT2D eigenvalue weighted by atomic mass is 35.5. The molecule has 0 radical (unpaired) electrons. The molecule has 11 heteroatoms. The lowest BCUT2D eigenvalue weighted by Crippen LogP contribution is -2.40. The number of benzene rings is 2. The first-order valence-electron chi connectivity index (χ1n) is 12.7. The fourth-order valence-corrected chi connectivity index (χ4v) is 4.61. The Bertz CT molecular complexity index is 1310. The molecule has 1 aromatic heterocycles. The number of nitrogen functional groups attached to an aromatic ring is 1. The van der Waals surface area contributed by atoms with E-state index in [0.717, 1.165) is 18.8 Å². The average Bonchev–Trinajstić information content (AvgIpc) is 3.28. The van der Waals surface area contributed by atoms with Crippen LogP contribution >= 0.6 is 11.6 Å². The van der Waals surface area contributed by atoms with Crippen LogP contribution in [0, 0.1) is 0 Å². The number of nitrogens with zero attached hydrogens (tertiary/aromatic N) is 3. The van der Waals surface area contributed by atoms with Crippen LogP contribution in [0.3, 0.4) is 0 Å². The number of hydrogen-bond donors (Lipinski definition) is 3. The molecule has 10 nitrogen and oxygen atoms in total. The third-order valence-corrected chi connectivity index (χ3v) is 6.73. The van der Waals surface area contributed by atoms with Crippen LogP contribution in [0.2, 0.25) is 5.02 Å². The molecular formula is C28H32ClN5O5. The Hall–Kier alpha value is -3.73. The summed E-state index contributed by atoms with van der Waals surface area (Å²) >= 11 is 6.19. The predicted molar refractivity (Wildman–Crippen MR) is 147 cm³/mol. The summed E-state index contributed by atoms with van der Waals surface area (Å²) < 4.78 is 10.3. The summed E-state index contributed by atoms with van der Waals surface area (Å²) in [5.41, 5.74) is 8.69. The fraction of sp³-hybridized carbons (Fsp3) is 0.357. The van der Waals surface area contributed by atoms with Gasteiger partial charge in [0.15, 0.2) is 0 Å². The van der Waals surface area contributed by atoms with Crippen molar-refractivity contribution in [2.75, 3.05) is 39.2 Å². The number of nitrogens with two attached hydrogens (primary N) is 1. The molecule has 39 heavy (non-hydrogen) atoms. The van der Waals surface area contributed by atoms with Crippen molar-refractivity contribution in [2.45, 2.75) is 31.8 Å². The molecule has 1 unspecified atom stereocenters. The standard InChI is InChI=1S/C23H22ClN5O4.C5H10O/c1-33-16-4-2-3-13(7-16)19(12-30)27-20(31)11-29-10-15-6-5-14(8-17(15)22(29)32)21-18(24)9-26-23(25)28-21;1-2-4-6-5-3-1/h2-9,19,30H,10-12H2,1H3,(H,27,31)(H2,25,26,28);1-5H2. The van der Waals surface area contributed by atoms with E-state index in [2.05, 4.69) is 15.3 Å². The molecule has 2 aliphatic heterocycles. The number of hydrogen-bond acceptors (Lipinski definition) is 8. The number of aliphatic hydroxyl groups excluding tert-OH is 1. The van der Waals surface area contributed by atoms with Gasteiger partial charge in [-0.05, 0) is 48.6 Å². The highest BCUT2D eigenvalue weighted by Crippen LogP contribution is 2.31. The van der Waals surface area contributed by atoms with E-state index in [0.29, 0.717) is 39.7 Å².